The zero-order valence-electron chi connectivity index (χ0n) is 20.7. The second-order valence-electron chi connectivity index (χ2n) is 8.07. The SMILES string of the molecule is COc1ccc(C=Cc2cc(C=Cc3ccc(OC)cc3)nc(C=Cc3ccc(OC)cc3)c2)cc1. The number of ether oxygens (including phenoxy) is 3. The Morgan fingerprint density at radius 1 is 0.417 bits per heavy atom. The molecule has 0 aliphatic carbocycles. The van der Waals surface area contributed by atoms with Gasteiger partial charge in [-0.3, -0.25) is 0 Å². The average Bonchev–Trinajstić information content (AvgIpc) is 2.94. The third kappa shape index (κ3) is 6.97. The van der Waals surface area contributed by atoms with E-state index in [0.717, 1.165) is 50.9 Å². The molecule has 3 aromatic carbocycles. The molecule has 4 heteroatoms. The van der Waals surface area contributed by atoms with Gasteiger partial charge in [0.05, 0.1) is 32.7 Å². The van der Waals surface area contributed by atoms with Gasteiger partial charge in [-0.25, -0.2) is 4.98 Å². The first kappa shape index (κ1) is 24.6. The number of hydrogen-bond acceptors (Lipinski definition) is 4. The summed E-state index contributed by atoms with van der Waals surface area (Å²) in [6.45, 7) is 0. The maximum atomic E-state index is 5.25. The highest BCUT2D eigenvalue weighted by Crippen LogP contribution is 2.19. The highest BCUT2D eigenvalue weighted by molar-refractivity contribution is 5.76. The van der Waals surface area contributed by atoms with E-state index >= 15 is 0 Å². The molecule has 0 radical (unpaired) electrons. The smallest absolute Gasteiger partial charge is 0.118 e. The third-order valence-corrected chi connectivity index (χ3v) is 5.60. The first-order valence-electron chi connectivity index (χ1n) is 11.6. The molecule has 0 unspecified atom stereocenters. The first-order chi connectivity index (χ1) is 17.6. The van der Waals surface area contributed by atoms with E-state index in [9.17, 15) is 0 Å². The fourth-order valence-corrected chi connectivity index (χ4v) is 3.56. The predicted molar refractivity (Wildman–Crippen MR) is 150 cm³/mol. The van der Waals surface area contributed by atoms with Crippen LogP contribution < -0.4 is 14.2 Å². The van der Waals surface area contributed by atoms with Crippen LogP contribution >= 0.6 is 0 Å². The van der Waals surface area contributed by atoms with Gasteiger partial charge in [0.15, 0.2) is 0 Å². The van der Waals surface area contributed by atoms with Gasteiger partial charge in [-0.05, 0) is 82.9 Å². The van der Waals surface area contributed by atoms with Gasteiger partial charge in [-0.2, -0.15) is 0 Å². The number of benzene rings is 3. The maximum Gasteiger partial charge on any atom is 0.118 e. The van der Waals surface area contributed by atoms with Gasteiger partial charge in [0.25, 0.3) is 0 Å². The van der Waals surface area contributed by atoms with Gasteiger partial charge in [-0.15, -0.1) is 0 Å². The summed E-state index contributed by atoms with van der Waals surface area (Å²) in [6, 6.07) is 28.0. The summed E-state index contributed by atoms with van der Waals surface area (Å²) in [5.74, 6) is 2.51. The molecule has 0 spiro atoms. The molecule has 4 nitrogen and oxygen atoms in total. The molecule has 0 aliphatic rings. The van der Waals surface area contributed by atoms with E-state index in [1.165, 1.54) is 0 Å². The predicted octanol–water partition coefficient (Wildman–Crippen LogP) is 7.62. The lowest BCUT2D eigenvalue weighted by Gasteiger charge is -2.03. The summed E-state index contributed by atoms with van der Waals surface area (Å²) < 4.78 is 15.8. The first-order valence-corrected chi connectivity index (χ1v) is 11.6. The van der Waals surface area contributed by atoms with Gasteiger partial charge >= 0.3 is 0 Å². The summed E-state index contributed by atoms with van der Waals surface area (Å²) >= 11 is 0. The Bertz CT molecular complexity index is 1170. The van der Waals surface area contributed by atoms with Crippen molar-refractivity contribution in [3.8, 4) is 17.2 Å². The zero-order valence-corrected chi connectivity index (χ0v) is 20.7. The van der Waals surface area contributed by atoms with Crippen LogP contribution in [0.5, 0.6) is 17.2 Å². The van der Waals surface area contributed by atoms with Crippen LogP contribution in [0.25, 0.3) is 36.5 Å². The normalized spacial score (nSPS) is 11.4. The number of pyridine rings is 1. The Morgan fingerprint density at radius 2 is 0.722 bits per heavy atom. The summed E-state index contributed by atoms with van der Waals surface area (Å²) in [4.78, 5) is 4.84. The highest BCUT2D eigenvalue weighted by atomic mass is 16.5. The lowest BCUT2D eigenvalue weighted by molar-refractivity contribution is 0.414. The van der Waals surface area contributed by atoms with E-state index in [-0.39, 0.29) is 0 Å². The van der Waals surface area contributed by atoms with Crippen LogP contribution in [0.1, 0.15) is 33.6 Å². The lowest BCUT2D eigenvalue weighted by Crippen LogP contribution is -1.89. The van der Waals surface area contributed by atoms with Gasteiger partial charge < -0.3 is 14.2 Å². The van der Waals surface area contributed by atoms with Crippen molar-refractivity contribution in [1.29, 1.82) is 0 Å². The molecule has 0 amide bonds. The van der Waals surface area contributed by atoms with E-state index in [4.69, 9.17) is 19.2 Å². The minimum absolute atomic E-state index is 0.835. The van der Waals surface area contributed by atoms with E-state index in [0.29, 0.717) is 0 Å². The Hall–Kier alpha value is -4.57. The average molecular weight is 476 g/mol. The van der Waals surface area contributed by atoms with Crippen molar-refractivity contribution in [2.75, 3.05) is 21.3 Å². The van der Waals surface area contributed by atoms with Crippen LogP contribution in [0.2, 0.25) is 0 Å². The largest absolute Gasteiger partial charge is 0.497 e. The molecule has 0 fully saturated rings. The molecule has 1 aromatic heterocycles. The number of methoxy groups -OCH3 is 3. The fraction of sp³-hybridized carbons (Fsp3) is 0.0938. The minimum Gasteiger partial charge on any atom is -0.497 e. The molecule has 0 saturated carbocycles. The molecule has 180 valence electrons. The van der Waals surface area contributed by atoms with Crippen molar-refractivity contribution in [2.24, 2.45) is 0 Å². The summed E-state index contributed by atoms with van der Waals surface area (Å²) in [7, 11) is 5.01. The molecule has 4 aromatic rings. The lowest BCUT2D eigenvalue weighted by atomic mass is 10.1. The fourth-order valence-electron chi connectivity index (χ4n) is 3.56. The van der Waals surface area contributed by atoms with E-state index in [1.54, 1.807) is 21.3 Å². The van der Waals surface area contributed by atoms with E-state index < -0.39 is 0 Å². The second kappa shape index (κ2) is 12.2. The molecule has 1 heterocycles. The van der Waals surface area contributed by atoms with Gasteiger partial charge in [0.1, 0.15) is 17.2 Å². The molecule has 0 atom stereocenters. The third-order valence-electron chi connectivity index (χ3n) is 5.60. The Balaban J connectivity index is 1.62. The van der Waals surface area contributed by atoms with Crippen molar-refractivity contribution < 1.29 is 14.2 Å². The molecule has 0 N–H and O–H groups in total. The maximum absolute atomic E-state index is 5.25. The molecule has 0 saturated heterocycles. The Morgan fingerprint density at radius 3 is 1.06 bits per heavy atom. The van der Waals surface area contributed by atoms with Gasteiger partial charge in [0.2, 0.25) is 0 Å². The van der Waals surface area contributed by atoms with Crippen molar-refractivity contribution in [2.45, 2.75) is 0 Å². The molecule has 0 bridgehead atoms. The minimum atomic E-state index is 0.835. The van der Waals surface area contributed by atoms with Crippen LogP contribution in [-0.4, -0.2) is 26.3 Å². The van der Waals surface area contributed by atoms with Crippen LogP contribution in [-0.2, 0) is 0 Å². The molecule has 4 rings (SSSR count). The quantitative estimate of drug-likeness (QED) is 0.250. The number of hydrogen-bond donors (Lipinski definition) is 0. The van der Waals surface area contributed by atoms with Crippen molar-refractivity contribution in [3.05, 3.63) is 119 Å². The molecular weight excluding hydrogens is 446 g/mol. The van der Waals surface area contributed by atoms with Crippen LogP contribution in [0, 0.1) is 0 Å². The van der Waals surface area contributed by atoms with Gasteiger partial charge in [0, 0.05) is 0 Å². The number of nitrogens with zero attached hydrogens (tertiary/aromatic N) is 1. The summed E-state index contributed by atoms with van der Waals surface area (Å²) in [6.07, 6.45) is 12.3. The number of aromatic nitrogens is 1. The molecule has 36 heavy (non-hydrogen) atoms. The highest BCUT2D eigenvalue weighted by Gasteiger charge is 2.00. The van der Waals surface area contributed by atoms with E-state index in [2.05, 4.69) is 36.4 Å². The van der Waals surface area contributed by atoms with E-state index in [1.807, 2.05) is 84.9 Å². The number of rotatable bonds is 9. The second-order valence-corrected chi connectivity index (χ2v) is 8.07. The molecular formula is C32H29NO3. The van der Waals surface area contributed by atoms with Crippen molar-refractivity contribution >= 4 is 36.5 Å². The monoisotopic (exact) mass is 475 g/mol. The molecule has 0 aliphatic heterocycles. The van der Waals surface area contributed by atoms with Crippen LogP contribution in [0.3, 0.4) is 0 Å². The zero-order chi connectivity index (χ0) is 25.2. The van der Waals surface area contributed by atoms with Crippen molar-refractivity contribution in [3.63, 3.8) is 0 Å². The topological polar surface area (TPSA) is 40.6 Å². The summed E-state index contributed by atoms with van der Waals surface area (Å²) in [5.41, 5.74) is 6.05. The Kier molecular flexibility index (Phi) is 8.34. The summed E-state index contributed by atoms with van der Waals surface area (Å²) in [5, 5.41) is 0. The Labute approximate surface area is 212 Å². The van der Waals surface area contributed by atoms with Crippen LogP contribution in [0.15, 0.2) is 84.9 Å². The standard InChI is InChI=1S/C32H29NO3/c1-34-30-16-8-24(9-17-30)4-5-27-22-28(14-6-25-10-18-31(35-2)19-11-25)33-29(23-27)15-7-26-12-20-32(36-3)21-13-26/h4-23H,1-3H3. The van der Waals surface area contributed by atoms with Crippen molar-refractivity contribution in [1.82, 2.24) is 4.98 Å². The van der Waals surface area contributed by atoms with Crippen LogP contribution in [0.4, 0.5) is 0 Å². The van der Waals surface area contributed by atoms with Gasteiger partial charge in [-0.1, -0.05) is 60.7 Å².